The van der Waals surface area contributed by atoms with Crippen LogP contribution >= 0.6 is 11.6 Å². The van der Waals surface area contributed by atoms with Gasteiger partial charge in [0.05, 0.1) is 25.2 Å². The van der Waals surface area contributed by atoms with E-state index in [1.54, 1.807) is 0 Å². The SMILES string of the molecule is N#CCC1CN[C@@H](Cc2ccc(Cl)cc2)CO1. The molecule has 3 nitrogen and oxygen atoms in total. The van der Waals surface area contributed by atoms with Crippen molar-refractivity contribution in [3.8, 4) is 6.07 Å². The lowest BCUT2D eigenvalue weighted by Gasteiger charge is -2.29. The number of hydrogen-bond acceptors (Lipinski definition) is 3. The molecule has 0 radical (unpaired) electrons. The molecule has 2 rings (SSSR count). The van der Waals surface area contributed by atoms with Crippen LogP contribution in [0.4, 0.5) is 0 Å². The summed E-state index contributed by atoms with van der Waals surface area (Å²) in [5, 5.41) is 12.7. The maximum Gasteiger partial charge on any atom is 0.0829 e. The second-order valence-corrected chi connectivity index (χ2v) is 4.69. The highest BCUT2D eigenvalue weighted by atomic mass is 35.5. The number of hydrogen-bond donors (Lipinski definition) is 1. The Morgan fingerprint density at radius 1 is 1.41 bits per heavy atom. The number of ether oxygens (including phenoxy) is 1. The van der Waals surface area contributed by atoms with Crippen LogP contribution in [0, 0.1) is 11.3 Å². The molecule has 0 aromatic heterocycles. The van der Waals surface area contributed by atoms with E-state index in [0.717, 1.165) is 18.0 Å². The lowest BCUT2D eigenvalue weighted by molar-refractivity contribution is 0.00740. The summed E-state index contributed by atoms with van der Waals surface area (Å²) < 4.78 is 5.62. The standard InChI is InChI=1S/C13H15ClN2O/c14-11-3-1-10(2-4-11)7-12-9-17-13(5-6-15)8-16-12/h1-4,12-13,16H,5,7-9H2/t12-,13?/m0/s1. The fourth-order valence-corrected chi connectivity index (χ4v) is 2.06. The molecule has 4 heteroatoms. The summed E-state index contributed by atoms with van der Waals surface area (Å²) in [7, 11) is 0. The van der Waals surface area contributed by atoms with E-state index in [0.29, 0.717) is 19.1 Å². The Hall–Kier alpha value is -1.08. The summed E-state index contributed by atoms with van der Waals surface area (Å²) in [5.74, 6) is 0. The number of nitrogens with zero attached hydrogens (tertiary/aromatic N) is 1. The van der Waals surface area contributed by atoms with Gasteiger partial charge < -0.3 is 10.1 Å². The lowest BCUT2D eigenvalue weighted by atomic mass is 10.0. The third kappa shape index (κ3) is 3.71. The smallest absolute Gasteiger partial charge is 0.0829 e. The zero-order chi connectivity index (χ0) is 12.1. The number of nitrogens with one attached hydrogen (secondary N) is 1. The summed E-state index contributed by atoms with van der Waals surface area (Å²) in [6.45, 7) is 1.42. The fraction of sp³-hybridized carbons (Fsp3) is 0.462. The van der Waals surface area contributed by atoms with Crippen LogP contribution < -0.4 is 5.32 Å². The molecule has 17 heavy (non-hydrogen) atoms. The van der Waals surface area contributed by atoms with Gasteiger partial charge in [0.15, 0.2) is 0 Å². The molecular weight excluding hydrogens is 236 g/mol. The number of halogens is 1. The van der Waals surface area contributed by atoms with Crippen molar-refractivity contribution in [1.82, 2.24) is 5.32 Å². The van der Waals surface area contributed by atoms with Crippen LogP contribution in [-0.2, 0) is 11.2 Å². The maximum atomic E-state index is 8.58. The van der Waals surface area contributed by atoms with E-state index in [1.165, 1.54) is 5.56 Å². The molecule has 0 bridgehead atoms. The van der Waals surface area contributed by atoms with E-state index in [2.05, 4.69) is 11.4 Å². The average molecular weight is 251 g/mol. The van der Waals surface area contributed by atoms with E-state index in [9.17, 15) is 0 Å². The van der Waals surface area contributed by atoms with Crippen LogP contribution in [0.2, 0.25) is 5.02 Å². The zero-order valence-electron chi connectivity index (χ0n) is 9.53. The zero-order valence-corrected chi connectivity index (χ0v) is 10.3. The first-order valence-corrected chi connectivity index (χ1v) is 6.12. The van der Waals surface area contributed by atoms with Gasteiger partial charge in [0, 0.05) is 17.6 Å². The Balaban J connectivity index is 1.82. The molecule has 1 aliphatic rings. The highest BCUT2D eigenvalue weighted by molar-refractivity contribution is 6.30. The van der Waals surface area contributed by atoms with Crippen molar-refractivity contribution in [2.75, 3.05) is 13.2 Å². The number of morpholine rings is 1. The highest BCUT2D eigenvalue weighted by Crippen LogP contribution is 2.13. The first kappa shape index (κ1) is 12.4. The molecular formula is C13H15ClN2O. The summed E-state index contributed by atoms with van der Waals surface area (Å²) >= 11 is 5.84. The van der Waals surface area contributed by atoms with Gasteiger partial charge in [-0.15, -0.1) is 0 Å². The summed E-state index contributed by atoms with van der Waals surface area (Å²) in [5.41, 5.74) is 1.24. The lowest BCUT2D eigenvalue weighted by Crippen LogP contribution is -2.47. The van der Waals surface area contributed by atoms with Crippen molar-refractivity contribution >= 4 is 11.6 Å². The van der Waals surface area contributed by atoms with Crippen molar-refractivity contribution in [2.45, 2.75) is 25.0 Å². The third-order valence-electron chi connectivity index (χ3n) is 2.88. The molecule has 2 atom stereocenters. The topological polar surface area (TPSA) is 45.0 Å². The average Bonchev–Trinajstić information content (AvgIpc) is 2.35. The molecule has 1 N–H and O–H groups in total. The molecule has 1 aromatic rings. The first-order valence-electron chi connectivity index (χ1n) is 5.74. The van der Waals surface area contributed by atoms with Gasteiger partial charge in [-0.1, -0.05) is 23.7 Å². The van der Waals surface area contributed by atoms with Crippen LogP contribution in [-0.4, -0.2) is 25.3 Å². The molecule has 1 aliphatic heterocycles. The quantitative estimate of drug-likeness (QED) is 0.894. The second-order valence-electron chi connectivity index (χ2n) is 4.25. The predicted octanol–water partition coefficient (Wildman–Crippen LogP) is 2.15. The molecule has 0 spiro atoms. The monoisotopic (exact) mass is 250 g/mol. The minimum atomic E-state index is 0.0430. The largest absolute Gasteiger partial charge is 0.374 e. The molecule has 0 amide bonds. The van der Waals surface area contributed by atoms with Gasteiger partial charge in [0.25, 0.3) is 0 Å². The van der Waals surface area contributed by atoms with Gasteiger partial charge >= 0.3 is 0 Å². The number of benzene rings is 1. The van der Waals surface area contributed by atoms with E-state index in [4.69, 9.17) is 21.6 Å². The first-order chi connectivity index (χ1) is 8.28. The molecule has 1 fully saturated rings. The normalized spacial score (nSPS) is 24.2. The molecule has 1 heterocycles. The van der Waals surface area contributed by atoms with Crippen LogP contribution in [0.1, 0.15) is 12.0 Å². The molecule has 1 aromatic carbocycles. The minimum Gasteiger partial charge on any atom is -0.374 e. The van der Waals surface area contributed by atoms with E-state index < -0.39 is 0 Å². The maximum absolute atomic E-state index is 8.58. The van der Waals surface area contributed by atoms with Crippen LogP contribution in [0.25, 0.3) is 0 Å². The number of nitriles is 1. The van der Waals surface area contributed by atoms with Crippen LogP contribution in [0.3, 0.4) is 0 Å². The Morgan fingerprint density at radius 3 is 2.76 bits per heavy atom. The van der Waals surface area contributed by atoms with Gasteiger partial charge in [0.2, 0.25) is 0 Å². The molecule has 0 saturated carbocycles. The summed E-state index contributed by atoms with van der Waals surface area (Å²) in [6.07, 6.45) is 1.43. The van der Waals surface area contributed by atoms with Gasteiger partial charge in [-0.2, -0.15) is 5.26 Å². The summed E-state index contributed by atoms with van der Waals surface area (Å²) in [6, 6.07) is 10.3. The van der Waals surface area contributed by atoms with Crippen molar-refractivity contribution in [1.29, 1.82) is 5.26 Å². The Kier molecular flexibility index (Phi) is 4.38. The fourth-order valence-electron chi connectivity index (χ4n) is 1.94. The van der Waals surface area contributed by atoms with Crippen LogP contribution in [0.15, 0.2) is 24.3 Å². The Morgan fingerprint density at radius 2 is 2.18 bits per heavy atom. The highest BCUT2D eigenvalue weighted by Gasteiger charge is 2.20. The van der Waals surface area contributed by atoms with Gasteiger partial charge in [-0.05, 0) is 24.1 Å². The van der Waals surface area contributed by atoms with E-state index in [1.807, 2.05) is 24.3 Å². The van der Waals surface area contributed by atoms with Crippen molar-refractivity contribution < 1.29 is 4.74 Å². The van der Waals surface area contributed by atoms with E-state index >= 15 is 0 Å². The van der Waals surface area contributed by atoms with Gasteiger partial charge in [0.1, 0.15) is 0 Å². The van der Waals surface area contributed by atoms with Crippen LogP contribution in [0.5, 0.6) is 0 Å². The Bertz CT molecular complexity index is 391. The second kappa shape index (κ2) is 6.02. The van der Waals surface area contributed by atoms with E-state index in [-0.39, 0.29) is 6.10 Å². The summed E-state index contributed by atoms with van der Waals surface area (Å²) in [4.78, 5) is 0. The molecule has 90 valence electrons. The predicted molar refractivity (Wildman–Crippen MR) is 66.9 cm³/mol. The Labute approximate surface area is 106 Å². The molecule has 0 aliphatic carbocycles. The number of rotatable bonds is 3. The minimum absolute atomic E-state index is 0.0430. The van der Waals surface area contributed by atoms with Crippen molar-refractivity contribution in [3.63, 3.8) is 0 Å². The third-order valence-corrected chi connectivity index (χ3v) is 3.13. The van der Waals surface area contributed by atoms with Crippen molar-refractivity contribution in [2.24, 2.45) is 0 Å². The van der Waals surface area contributed by atoms with Gasteiger partial charge in [-0.25, -0.2) is 0 Å². The van der Waals surface area contributed by atoms with Crippen molar-refractivity contribution in [3.05, 3.63) is 34.9 Å². The molecule has 1 unspecified atom stereocenters. The molecule has 1 saturated heterocycles. The van der Waals surface area contributed by atoms with Gasteiger partial charge in [-0.3, -0.25) is 0 Å².